The normalized spacial score (nSPS) is 12.5. The first-order valence-electron chi connectivity index (χ1n) is 6.24. The molecular weight excluding hydrogens is 231 g/mol. The van der Waals surface area contributed by atoms with Gasteiger partial charge in [-0.3, -0.25) is 4.79 Å². The number of amides is 1. The van der Waals surface area contributed by atoms with Gasteiger partial charge >= 0.3 is 0 Å². The van der Waals surface area contributed by atoms with Crippen molar-refractivity contribution in [2.75, 3.05) is 13.1 Å². The van der Waals surface area contributed by atoms with Crippen LogP contribution in [0.4, 0.5) is 4.39 Å². The van der Waals surface area contributed by atoms with Gasteiger partial charge in [0, 0.05) is 12.6 Å². The number of hydrogen-bond donors (Lipinski definition) is 2. The van der Waals surface area contributed by atoms with E-state index in [1.165, 1.54) is 12.1 Å². The Labute approximate surface area is 108 Å². The average molecular weight is 252 g/mol. The molecule has 0 aliphatic rings. The topological polar surface area (TPSA) is 41.1 Å². The lowest BCUT2D eigenvalue weighted by Gasteiger charge is -2.14. The first-order chi connectivity index (χ1) is 8.49. The summed E-state index contributed by atoms with van der Waals surface area (Å²) in [7, 11) is 0. The summed E-state index contributed by atoms with van der Waals surface area (Å²) in [6, 6.07) is 6.31. The van der Waals surface area contributed by atoms with Crippen molar-refractivity contribution in [2.24, 2.45) is 5.92 Å². The van der Waals surface area contributed by atoms with Gasteiger partial charge in [-0.05, 0) is 30.5 Å². The van der Waals surface area contributed by atoms with Gasteiger partial charge in [-0.25, -0.2) is 4.39 Å². The zero-order valence-electron chi connectivity index (χ0n) is 11.2. The van der Waals surface area contributed by atoms with Gasteiger partial charge in [-0.15, -0.1) is 0 Å². The summed E-state index contributed by atoms with van der Waals surface area (Å²) in [5.74, 6) is 0.182. The largest absolute Gasteiger partial charge is 0.355 e. The molecule has 2 N–H and O–H groups in total. The molecule has 18 heavy (non-hydrogen) atoms. The van der Waals surface area contributed by atoms with Crippen LogP contribution in [0.1, 0.15) is 32.4 Å². The molecule has 1 aromatic carbocycles. The standard InChI is InChI=1S/C14H21FN2O/c1-10(2)8-17-14(18)9-16-11(3)12-4-6-13(15)7-5-12/h4-7,10-11,16H,8-9H2,1-3H3,(H,17,18)/t11-/m1/s1. The Kier molecular flexibility index (Phi) is 5.78. The molecule has 0 aliphatic carbocycles. The number of carbonyl (C=O) groups excluding carboxylic acids is 1. The fourth-order valence-electron chi connectivity index (χ4n) is 1.50. The SMILES string of the molecule is CC(C)CNC(=O)CN[C@H](C)c1ccc(F)cc1. The highest BCUT2D eigenvalue weighted by Crippen LogP contribution is 2.12. The Morgan fingerprint density at radius 3 is 2.39 bits per heavy atom. The van der Waals surface area contributed by atoms with Crippen LogP contribution in [0.2, 0.25) is 0 Å². The van der Waals surface area contributed by atoms with Gasteiger partial charge in [0.25, 0.3) is 0 Å². The second kappa shape index (κ2) is 7.11. The molecule has 0 radical (unpaired) electrons. The molecule has 3 nitrogen and oxygen atoms in total. The maximum atomic E-state index is 12.8. The van der Waals surface area contributed by atoms with Crippen molar-refractivity contribution in [3.8, 4) is 0 Å². The van der Waals surface area contributed by atoms with Gasteiger partial charge in [0.05, 0.1) is 6.54 Å². The fraction of sp³-hybridized carbons (Fsp3) is 0.500. The first kappa shape index (κ1) is 14.6. The van der Waals surface area contributed by atoms with Gasteiger partial charge in [-0.1, -0.05) is 26.0 Å². The zero-order chi connectivity index (χ0) is 13.5. The highest BCUT2D eigenvalue weighted by atomic mass is 19.1. The smallest absolute Gasteiger partial charge is 0.233 e. The number of benzene rings is 1. The second-order valence-corrected chi connectivity index (χ2v) is 4.85. The van der Waals surface area contributed by atoms with Crippen LogP contribution in [0, 0.1) is 11.7 Å². The van der Waals surface area contributed by atoms with Crippen LogP contribution in [0.15, 0.2) is 24.3 Å². The number of halogens is 1. The van der Waals surface area contributed by atoms with Crippen LogP contribution in [0.3, 0.4) is 0 Å². The molecule has 0 saturated carbocycles. The summed E-state index contributed by atoms with van der Waals surface area (Å²) in [4.78, 5) is 11.5. The molecule has 0 unspecified atom stereocenters. The molecule has 0 spiro atoms. The van der Waals surface area contributed by atoms with Crippen LogP contribution >= 0.6 is 0 Å². The Morgan fingerprint density at radius 1 is 1.22 bits per heavy atom. The Morgan fingerprint density at radius 2 is 1.83 bits per heavy atom. The van der Waals surface area contributed by atoms with Crippen LogP contribution in [-0.2, 0) is 4.79 Å². The van der Waals surface area contributed by atoms with E-state index in [4.69, 9.17) is 0 Å². The van der Waals surface area contributed by atoms with E-state index in [0.717, 1.165) is 5.56 Å². The molecular formula is C14H21FN2O. The third kappa shape index (κ3) is 5.27. The number of rotatable bonds is 6. The number of nitrogens with one attached hydrogen (secondary N) is 2. The van der Waals surface area contributed by atoms with Crippen LogP contribution < -0.4 is 10.6 Å². The monoisotopic (exact) mass is 252 g/mol. The number of carbonyl (C=O) groups is 1. The molecule has 1 rings (SSSR count). The van der Waals surface area contributed by atoms with Crippen molar-refractivity contribution < 1.29 is 9.18 Å². The maximum Gasteiger partial charge on any atom is 0.233 e. The summed E-state index contributed by atoms with van der Waals surface area (Å²) in [6.07, 6.45) is 0. The van der Waals surface area contributed by atoms with E-state index in [-0.39, 0.29) is 24.3 Å². The van der Waals surface area contributed by atoms with E-state index >= 15 is 0 Å². The predicted octanol–water partition coefficient (Wildman–Crippen LogP) is 2.25. The molecule has 0 heterocycles. The van der Waals surface area contributed by atoms with Crippen molar-refractivity contribution in [3.05, 3.63) is 35.6 Å². The van der Waals surface area contributed by atoms with E-state index in [1.54, 1.807) is 12.1 Å². The van der Waals surface area contributed by atoms with Crippen LogP contribution in [-0.4, -0.2) is 19.0 Å². The molecule has 4 heteroatoms. The second-order valence-electron chi connectivity index (χ2n) is 4.85. The summed E-state index contributed by atoms with van der Waals surface area (Å²) >= 11 is 0. The van der Waals surface area contributed by atoms with Gasteiger partial charge in [0.2, 0.25) is 5.91 Å². The Balaban J connectivity index is 2.34. The molecule has 0 bridgehead atoms. The Bertz CT molecular complexity index is 376. The van der Waals surface area contributed by atoms with Gasteiger partial charge in [0.15, 0.2) is 0 Å². The van der Waals surface area contributed by atoms with Gasteiger partial charge < -0.3 is 10.6 Å². The van der Waals surface area contributed by atoms with Gasteiger partial charge in [-0.2, -0.15) is 0 Å². The minimum absolute atomic E-state index is 0.0161. The highest BCUT2D eigenvalue weighted by Gasteiger charge is 2.07. The molecule has 1 atom stereocenters. The van der Waals surface area contributed by atoms with Crippen molar-refractivity contribution in [2.45, 2.75) is 26.8 Å². The quantitative estimate of drug-likeness (QED) is 0.815. The summed E-state index contributed by atoms with van der Waals surface area (Å²) in [5.41, 5.74) is 0.966. The van der Waals surface area contributed by atoms with E-state index in [0.29, 0.717) is 12.5 Å². The zero-order valence-corrected chi connectivity index (χ0v) is 11.2. The van der Waals surface area contributed by atoms with Crippen molar-refractivity contribution in [1.82, 2.24) is 10.6 Å². The molecule has 100 valence electrons. The van der Waals surface area contributed by atoms with Crippen molar-refractivity contribution >= 4 is 5.91 Å². The predicted molar refractivity (Wildman–Crippen MR) is 70.7 cm³/mol. The van der Waals surface area contributed by atoms with E-state index in [1.807, 2.05) is 6.92 Å². The lowest BCUT2D eigenvalue weighted by atomic mass is 10.1. The highest BCUT2D eigenvalue weighted by molar-refractivity contribution is 5.78. The minimum atomic E-state index is -0.249. The molecule has 0 fully saturated rings. The molecule has 1 aromatic rings. The molecule has 0 aromatic heterocycles. The Hall–Kier alpha value is -1.42. The average Bonchev–Trinajstić information content (AvgIpc) is 2.34. The summed E-state index contributed by atoms with van der Waals surface area (Å²) in [5, 5.41) is 5.94. The maximum absolute atomic E-state index is 12.8. The summed E-state index contributed by atoms with van der Waals surface area (Å²) in [6.45, 7) is 7.00. The third-order valence-electron chi connectivity index (χ3n) is 2.65. The molecule has 0 saturated heterocycles. The minimum Gasteiger partial charge on any atom is -0.355 e. The van der Waals surface area contributed by atoms with Gasteiger partial charge in [0.1, 0.15) is 5.82 Å². The number of hydrogen-bond acceptors (Lipinski definition) is 2. The lowest BCUT2D eigenvalue weighted by molar-refractivity contribution is -0.120. The first-order valence-corrected chi connectivity index (χ1v) is 6.24. The van der Waals surface area contributed by atoms with Crippen molar-refractivity contribution in [3.63, 3.8) is 0 Å². The molecule has 1 amide bonds. The fourth-order valence-corrected chi connectivity index (χ4v) is 1.50. The summed E-state index contributed by atoms with van der Waals surface area (Å²) < 4.78 is 12.8. The lowest BCUT2D eigenvalue weighted by Crippen LogP contribution is -2.36. The van der Waals surface area contributed by atoms with E-state index in [2.05, 4.69) is 24.5 Å². The van der Waals surface area contributed by atoms with Crippen LogP contribution in [0.25, 0.3) is 0 Å². The van der Waals surface area contributed by atoms with E-state index in [9.17, 15) is 9.18 Å². The van der Waals surface area contributed by atoms with Crippen LogP contribution in [0.5, 0.6) is 0 Å². The van der Waals surface area contributed by atoms with Crippen molar-refractivity contribution in [1.29, 1.82) is 0 Å². The third-order valence-corrected chi connectivity index (χ3v) is 2.65. The molecule has 0 aliphatic heterocycles. The van der Waals surface area contributed by atoms with E-state index < -0.39 is 0 Å².